The van der Waals surface area contributed by atoms with Crippen LogP contribution in [0.5, 0.6) is 11.5 Å². The number of phenols is 2. The fourth-order valence-electron chi connectivity index (χ4n) is 1.52. The van der Waals surface area contributed by atoms with Crippen molar-refractivity contribution < 1.29 is 15.0 Å². The number of aromatic hydroxyl groups is 2. The summed E-state index contributed by atoms with van der Waals surface area (Å²) in [6.45, 7) is 0. The van der Waals surface area contributed by atoms with E-state index in [2.05, 4.69) is 10.5 Å². The molecule has 2 aromatic carbocycles. The molecular formula is C14H11ClN2O3. The van der Waals surface area contributed by atoms with E-state index in [1.54, 1.807) is 12.1 Å². The third-order valence-corrected chi connectivity index (χ3v) is 2.69. The molecule has 0 atom stereocenters. The second-order valence-corrected chi connectivity index (χ2v) is 4.39. The first-order valence-corrected chi connectivity index (χ1v) is 6.05. The van der Waals surface area contributed by atoms with Crippen molar-refractivity contribution in [2.45, 2.75) is 0 Å². The summed E-state index contributed by atoms with van der Waals surface area (Å²) in [4.78, 5) is 11.8. The molecule has 0 saturated heterocycles. The monoisotopic (exact) mass is 290 g/mol. The summed E-state index contributed by atoms with van der Waals surface area (Å²) < 4.78 is 0. The number of carbonyl (C=O) groups is 1. The minimum Gasteiger partial charge on any atom is -0.508 e. The van der Waals surface area contributed by atoms with Crippen molar-refractivity contribution in [1.29, 1.82) is 0 Å². The first-order valence-electron chi connectivity index (χ1n) is 5.67. The fraction of sp³-hybridized carbons (Fsp3) is 0. The van der Waals surface area contributed by atoms with Gasteiger partial charge in [-0.05, 0) is 35.9 Å². The SMILES string of the molecule is O=C(N/N=C/c1cccc(O)c1)c1cc(Cl)ccc1O. The van der Waals surface area contributed by atoms with Gasteiger partial charge in [0, 0.05) is 5.02 Å². The van der Waals surface area contributed by atoms with Gasteiger partial charge in [-0.3, -0.25) is 4.79 Å². The highest BCUT2D eigenvalue weighted by molar-refractivity contribution is 6.31. The smallest absolute Gasteiger partial charge is 0.275 e. The highest BCUT2D eigenvalue weighted by atomic mass is 35.5. The van der Waals surface area contributed by atoms with Gasteiger partial charge in [-0.2, -0.15) is 5.10 Å². The molecule has 0 aromatic heterocycles. The van der Waals surface area contributed by atoms with Gasteiger partial charge in [0.1, 0.15) is 11.5 Å². The van der Waals surface area contributed by atoms with E-state index in [0.717, 1.165) is 0 Å². The van der Waals surface area contributed by atoms with Crippen LogP contribution in [0.25, 0.3) is 0 Å². The molecule has 0 saturated carbocycles. The Kier molecular flexibility index (Phi) is 4.22. The lowest BCUT2D eigenvalue weighted by Gasteiger charge is -2.03. The van der Waals surface area contributed by atoms with Crippen molar-refractivity contribution in [2.75, 3.05) is 0 Å². The predicted octanol–water partition coefficient (Wildman–Crippen LogP) is 2.52. The number of phenolic OH excluding ortho intramolecular Hbond substituents is 2. The van der Waals surface area contributed by atoms with Gasteiger partial charge in [0.05, 0.1) is 11.8 Å². The van der Waals surface area contributed by atoms with Gasteiger partial charge in [0.2, 0.25) is 0 Å². The quantitative estimate of drug-likeness (QED) is 0.600. The Bertz CT molecular complexity index is 671. The minimum atomic E-state index is -0.582. The van der Waals surface area contributed by atoms with Crippen molar-refractivity contribution in [2.24, 2.45) is 5.10 Å². The second-order valence-electron chi connectivity index (χ2n) is 3.96. The molecule has 1 amide bonds. The number of halogens is 1. The molecule has 0 unspecified atom stereocenters. The number of amides is 1. The molecule has 2 aromatic rings. The van der Waals surface area contributed by atoms with Crippen molar-refractivity contribution in [3.05, 3.63) is 58.6 Å². The molecule has 0 aliphatic rings. The topological polar surface area (TPSA) is 81.9 Å². The molecule has 0 bridgehead atoms. The highest BCUT2D eigenvalue weighted by Crippen LogP contribution is 2.21. The average molecular weight is 291 g/mol. The van der Waals surface area contributed by atoms with Crippen molar-refractivity contribution in [1.82, 2.24) is 5.43 Å². The Morgan fingerprint density at radius 1 is 1.20 bits per heavy atom. The molecule has 0 heterocycles. The molecule has 0 spiro atoms. The third-order valence-electron chi connectivity index (χ3n) is 2.45. The lowest BCUT2D eigenvalue weighted by molar-refractivity contribution is 0.0952. The predicted molar refractivity (Wildman–Crippen MR) is 76.3 cm³/mol. The molecule has 2 rings (SSSR count). The lowest BCUT2D eigenvalue weighted by atomic mass is 10.2. The van der Waals surface area contributed by atoms with Gasteiger partial charge in [0.15, 0.2) is 0 Å². The van der Waals surface area contributed by atoms with Gasteiger partial charge >= 0.3 is 0 Å². The van der Waals surface area contributed by atoms with Crippen LogP contribution < -0.4 is 5.43 Å². The maximum Gasteiger partial charge on any atom is 0.275 e. The van der Waals surface area contributed by atoms with E-state index in [4.69, 9.17) is 11.6 Å². The molecule has 3 N–H and O–H groups in total. The second kappa shape index (κ2) is 6.08. The first kappa shape index (κ1) is 13.9. The number of nitrogens with zero attached hydrogens (tertiary/aromatic N) is 1. The van der Waals surface area contributed by atoms with Crippen LogP contribution in [0.2, 0.25) is 5.02 Å². The van der Waals surface area contributed by atoms with Crippen LogP contribution in [0.3, 0.4) is 0 Å². The van der Waals surface area contributed by atoms with Gasteiger partial charge in [-0.1, -0.05) is 23.7 Å². The summed E-state index contributed by atoms with van der Waals surface area (Å²) in [5, 5.41) is 22.9. The zero-order valence-corrected chi connectivity index (χ0v) is 11.0. The number of rotatable bonds is 3. The molecule has 0 aliphatic heterocycles. The van der Waals surface area contributed by atoms with Crippen LogP contribution in [-0.4, -0.2) is 22.3 Å². The average Bonchev–Trinajstić information content (AvgIpc) is 2.41. The van der Waals surface area contributed by atoms with Crippen molar-refractivity contribution >= 4 is 23.7 Å². The Balaban J connectivity index is 2.07. The standard InChI is InChI=1S/C14H11ClN2O3/c15-10-4-5-13(19)12(7-10)14(20)17-16-8-9-2-1-3-11(18)6-9/h1-8,18-19H,(H,17,20)/b16-8+. The summed E-state index contributed by atoms with van der Waals surface area (Å²) in [5.74, 6) is -0.659. The summed E-state index contributed by atoms with van der Waals surface area (Å²) in [6, 6.07) is 10.5. The fourth-order valence-corrected chi connectivity index (χ4v) is 1.69. The van der Waals surface area contributed by atoms with Crippen molar-refractivity contribution in [3.8, 4) is 11.5 Å². The maximum absolute atomic E-state index is 11.8. The van der Waals surface area contributed by atoms with E-state index in [-0.39, 0.29) is 17.1 Å². The summed E-state index contributed by atoms with van der Waals surface area (Å²) in [7, 11) is 0. The van der Waals surface area contributed by atoms with E-state index in [9.17, 15) is 15.0 Å². The van der Waals surface area contributed by atoms with E-state index >= 15 is 0 Å². The number of hydrogen-bond donors (Lipinski definition) is 3. The van der Waals surface area contributed by atoms with Gasteiger partial charge < -0.3 is 10.2 Å². The zero-order chi connectivity index (χ0) is 14.5. The van der Waals surface area contributed by atoms with E-state index in [0.29, 0.717) is 10.6 Å². The first-order chi connectivity index (χ1) is 9.56. The molecule has 6 heteroatoms. The van der Waals surface area contributed by atoms with E-state index in [1.807, 2.05) is 0 Å². The van der Waals surface area contributed by atoms with Gasteiger partial charge in [0.25, 0.3) is 5.91 Å². The Morgan fingerprint density at radius 3 is 2.75 bits per heavy atom. The van der Waals surface area contributed by atoms with Gasteiger partial charge in [-0.25, -0.2) is 5.43 Å². The minimum absolute atomic E-state index is 0.0329. The molecule has 0 fully saturated rings. The Labute approximate surface area is 120 Å². The molecule has 20 heavy (non-hydrogen) atoms. The number of carbonyl (C=O) groups excluding carboxylic acids is 1. The van der Waals surface area contributed by atoms with Crippen LogP contribution in [0, 0.1) is 0 Å². The van der Waals surface area contributed by atoms with E-state index in [1.165, 1.54) is 36.5 Å². The number of nitrogens with one attached hydrogen (secondary N) is 1. The molecule has 5 nitrogen and oxygen atoms in total. The van der Waals surface area contributed by atoms with Crippen LogP contribution in [0.4, 0.5) is 0 Å². The third kappa shape index (κ3) is 3.49. The Morgan fingerprint density at radius 2 is 2.00 bits per heavy atom. The molecule has 0 aliphatic carbocycles. The summed E-state index contributed by atoms with van der Waals surface area (Å²) in [6.07, 6.45) is 1.37. The largest absolute Gasteiger partial charge is 0.508 e. The van der Waals surface area contributed by atoms with Gasteiger partial charge in [-0.15, -0.1) is 0 Å². The summed E-state index contributed by atoms with van der Waals surface area (Å²) >= 11 is 5.75. The number of hydrazone groups is 1. The summed E-state index contributed by atoms with van der Waals surface area (Å²) in [5.41, 5.74) is 2.92. The number of hydrogen-bond acceptors (Lipinski definition) is 4. The van der Waals surface area contributed by atoms with Crippen LogP contribution >= 0.6 is 11.6 Å². The van der Waals surface area contributed by atoms with Crippen LogP contribution in [0.15, 0.2) is 47.6 Å². The normalized spacial score (nSPS) is 10.7. The molecule has 102 valence electrons. The van der Waals surface area contributed by atoms with Crippen LogP contribution in [-0.2, 0) is 0 Å². The Hall–Kier alpha value is -2.53. The van der Waals surface area contributed by atoms with Crippen LogP contribution in [0.1, 0.15) is 15.9 Å². The zero-order valence-electron chi connectivity index (χ0n) is 10.2. The molecular weight excluding hydrogens is 280 g/mol. The highest BCUT2D eigenvalue weighted by Gasteiger charge is 2.10. The lowest BCUT2D eigenvalue weighted by Crippen LogP contribution is -2.17. The molecule has 0 radical (unpaired) electrons. The number of benzene rings is 2. The van der Waals surface area contributed by atoms with Crippen molar-refractivity contribution in [3.63, 3.8) is 0 Å². The maximum atomic E-state index is 11.8. The van der Waals surface area contributed by atoms with E-state index < -0.39 is 5.91 Å².